The van der Waals surface area contributed by atoms with Crippen LogP contribution < -0.4 is 0 Å². The molecule has 0 saturated carbocycles. The van der Waals surface area contributed by atoms with Gasteiger partial charge in [-0.1, -0.05) is 13.8 Å². The van der Waals surface area contributed by atoms with Crippen molar-refractivity contribution in [1.29, 1.82) is 0 Å². The normalized spacial score (nSPS) is 20.2. The number of aliphatic hydroxyl groups excluding tert-OH is 4. The maximum Gasteiger partial charge on any atom is 0.106 e. The van der Waals surface area contributed by atoms with Gasteiger partial charge in [-0.25, -0.2) is 0 Å². The Balaban J connectivity index is 4.26. The minimum absolute atomic E-state index is 0.102. The molecule has 4 atom stereocenters. The molecular formula is C11H24O5. The highest BCUT2D eigenvalue weighted by Crippen LogP contribution is 2.24. The molecule has 0 spiro atoms. The van der Waals surface area contributed by atoms with E-state index < -0.39 is 29.8 Å². The fourth-order valence-electron chi connectivity index (χ4n) is 1.20. The zero-order valence-corrected chi connectivity index (χ0v) is 10.4. The maximum atomic E-state index is 9.83. The fraction of sp³-hybridized carbons (Fsp3) is 1.00. The maximum absolute atomic E-state index is 9.83. The largest absolute Gasteiger partial charge is 0.396 e. The molecule has 16 heavy (non-hydrogen) atoms. The van der Waals surface area contributed by atoms with Gasteiger partial charge in [-0.05, 0) is 13.8 Å². The number of aliphatic hydroxyl groups is 4. The first-order valence-corrected chi connectivity index (χ1v) is 5.49. The van der Waals surface area contributed by atoms with E-state index >= 15 is 0 Å². The van der Waals surface area contributed by atoms with E-state index in [4.69, 9.17) is 14.9 Å². The van der Waals surface area contributed by atoms with Crippen LogP contribution in [0.3, 0.4) is 0 Å². The van der Waals surface area contributed by atoms with Gasteiger partial charge in [0.2, 0.25) is 0 Å². The van der Waals surface area contributed by atoms with Crippen molar-refractivity contribution >= 4 is 0 Å². The van der Waals surface area contributed by atoms with E-state index in [2.05, 4.69) is 0 Å². The molecule has 0 aromatic rings. The van der Waals surface area contributed by atoms with Crippen LogP contribution in [0.15, 0.2) is 0 Å². The summed E-state index contributed by atoms with van der Waals surface area (Å²) in [5.41, 5.74) is -0.790. The molecule has 0 aromatic heterocycles. The first-order valence-electron chi connectivity index (χ1n) is 5.49. The van der Waals surface area contributed by atoms with Crippen molar-refractivity contribution in [2.45, 2.75) is 52.1 Å². The molecule has 0 aliphatic carbocycles. The van der Waals surface area contributed by atoms with Crippen LogP contribution in [0.25, 0.3) is 0 Å². The lowest BCUT2D eigenvalue weighted by Crippen LogP contribution is -2.47. The van der Waals surface area contributed by atoms with Crippen LogP contribution >= 0.6 is 0 Å². The Hall–Kier alpha value is -0.200. The molecule has 0 saturated heterocycles. The number of ether oxygens (including phenoxy) is 1. The van der Waals surface area contributed by atoms with Crippen molar-refractivity contribution < 1.29 is 25.2 Å². The molecule has 0 aliphatic rings. The molecule has 0 rings (SSSR count). The van der Waals surface area contributed by atoms with Crippen LogP contribution in [0.2, 0.25) is 0 Å². The summed E-state index contributed by atoms with van der Waals surface area (Å²) >= 11 is 0. The molecule has 0 aromatic carbocycles. The molecule has 98 valence electrons. The lowest BCUT2D eigenvalue weighted by atomic mass is 9.83. The smallest absolute Gasteiger partial charge is 0.106 e. The highest BCUT2D eigenvalue weighted by atomic mass is 16.5. The quantitative estimate of drug-likeness (QED) is 0.479. The summed E-state index contributed by atoms with van der Waals surface area (Å²) in [5.74, 6) is 0. The van der Waals surface area contributed by atoms with Crippen molar-refractivity contribution in [3.05, 3.63) is 0 Å². The van der Waals surface area contributed by atoms with E-state index in [-0.39, 0.29) is 13.2 Å². The molecule has 0 fully saturated rings. The average molecular weight is 236 g/mol. The van der Waals surface area contributed by atoms with E-state index in [1.807, 2.05) is 0 Å². The Morgan fingerprint density at radius 3 is 2.00 bits per heavy atom. The second-order valence-corrected chi connectivity index (χ2v) is 4.97. The third kappa shape index (κ3) is 4.76. The van der Waals surface area contributed by atoms with E-state index in [1.165, 1.54) is 0 Å². The van der Waals surface area contributed by atoms with Gasteiger partial charge in [0, 0.05) is 5.41 Å². The second-order valence-electron chi connectivity index (χ2n) is 4.97. The minimum Gasteiger partial charge on any atom is -0.396 e. The number of hydrogen-bond acceptors (Lipinski definition) is 5. The summed E-state index contributed by atoms with van der Waals surface area (Å²) in [6.07, 6.45) is -3.39. The van der Waals surface area contributed by atoms with Crippen LogP contribution in [-0.2, 0) is 4.74 Å². The van der Waals surface area contributed by atoms with Gasteiger partial charge in [-0.3, -0.25) is 0 Å². The summed E-state index contributed by atoms with van der Waals surface area (Å²) in [6, 6.07) is 0. The Morgan fingerprint density at radius 2 is 1.62 bits per heavy atom. The zero-order chi connectivity index (χ0) is 12.9. The zero-order valence-electron chi connectivity index (χ0n) is 10.4. The third-order valence-corrected chi connectivity index (χ3v) is 2.61. The summed E-state index contributed by atoms with van der Waals surface area (Å²) in [5, 5.41) is 37.7. The summed E-state index contributed by atoms with van der Waals surface area (Å²) in [6.45, 7) is 6.38. The van der Waals surface area contributed by atoms with Gasteiger partial charge in [-0.15, -0.1) is 0 Å². The topological polar surface area (TPSA) is 90.2 Å². The molecule has 5 heteroatoms. The van der Waals surface area contributed by atoms with Gasteiger partial charge in [0.05, 0.1) is 31.5 Å². The molecular weight excluding hydrogens is 212 g/mol. The number of hydrogen-bond donors (Lipinski definition) is 4. The van der Waals surface area contributed by atoms with E-state index in [0.29, 0.717) is 0 Å². The lowest BCUT2D eigenvalue weighted by Gasteiger charge is -2.34. The summed E-state index contributed by atoms with van der Waals surface area (Å²) in [7, 11) is 0. The van der Waals surface area contributed by atoms with Crippen molar-refractivity contribution in [3.8, 4) is 0 Å². The SMILES string of the molecule is CC(O)COC(C)C(O)C(O)C(C)(C)CO. The van der Waals surface area contributed by atoms with Crippen molar-refractivity contribution in [3.63, 3.8) is 0 Å². The first-order chi connectivity index (χ1) is 7.22. The molecule has 4 N–H and O–H groups in total. The highest BCUT2D eigenvalue weighted by Gasteiger charge is 2.35. The molecule has 0 heterocycles. The second kappa shape index (κ2) is 6.51. The van der Waals surface area contributed by atoms with E-state index in [0.717, 1.165) is 0 Å². The van der Waals surface area contributed by atoms with Crippen LogP contribution in [0.1, 0.15) is 27.7 Å². The van der Waals surface area contributed by atoms with E-state index in [1.54, 1.807) is 27.7 Å². The van der Waals surface area contributed by atoms with Crippen LogP contribution in [0, 0.1) is 5.41 Å². The molecule has 5 nitrogen and oxygen atoms in total. The van der Waals surface area contributed by atoms with Gasteiger partial charge in [0.1, 0.15) is 6.10 Å². The van der Waals surface area contributed by atoms with E-state index in [9.17, 15) is 10.2 Å². The Bertz CT molecular complexity index is 193. The fourth-order valence-corrected chi connectivity index (χ4v) is 1.20. The Morgan fingerprint density at radius 1 is 1.12 bits per heavy atom. The average Bonchev–Trinajstić information content (AvgIpc) is 2.23. The van der Waals surface area contributed by atoms with Crippen molar-refractivity contribution in [1.82, 2.24) is 0 Å². The molecule has 4 unspecified atom stereocenters. The number of rotatable bonds is 7. The highest BCUT2D eigenvalue weighted by molar-refractivity contribution is 4.85. The molecule has 0 radical (unpaired) electrons. The third-order valence-electron chi connectivity index (χ3n) is 2.61. The Labute approximate surface area is 96.7 Å². The Kier molecular flexibility index (Phi) is 6.43. The van der Waals surface area contributed by atoms with Crippen LogP contribution in [-0.4, -0.2) is 58.1 Å². The van der Waals surface area contributed by atoms with Gasteiger partial charge >= 0.3 is 0 Å². The molecule has 0 bridgehead atoms. The van der Waals surface area contributed by atoms with Crippen molar-refractivity contribution in [2.75, 3.05) is 13.2 Å². The minimum atomic E-state index is -1.10. The summed E-state index contributed by atoms with van der Waals surface area (Å²) < 4.78 is 5.18. The predicted molar refractivity (Wildman–Crippen MR) is 60.0 cm³/mol. The lowest BCUT2D eigenvalue weighted by molar-refractivity contribution is -0.133. The molecule has 0 amide bonds. The van der Waals surface area contributed by atoms with Gasteiger partial charge in [-0.2, -0.15) is 0 Å². The van der Waals surface area contributed by atoms with Crippen LogP contribution in [0.4, 0.5) is 0 Å². The first kappa shape index (κ1) is 15.8. The summed E-state index contributed by atoms with van der Waals surface area (Å²) in [4.78, 5) is 0. The van der Waals surface area contributed by atoms with Crippen LogP contribution in [0.5, 0.6) is 0 Å². The monoisotopic (exact) mass is 236 g/mol. The van der Waals surface area contributed by atoms with Gasteiger partial charge in [0.15, 0.2) is 0 Å². The van der Waals surface area contributed by atoms with Gasteiger partial charge in [0.25, 0.3) is 0 Å². The van der Waals surface area contributed by atoms with Gasteiger partial charge < -0.3 is 25.2 Å². The standard InChI is InChI=1S/C11H24O5/c1-7(13)5-16-8(2)9(14)10(15)11(3,4)6-12/h7-10,12-15H,5-6H2,1-4H3. The predicted octanol–water partition coefficient (Wildman–Crippen LogP) is -0.487. The molecule has 0 aliphatic heterocycles. The van der Waals surface area contributed by atoms with Crippen molar-refractivity contribution in [2.24, 2.45) is 5.41 Å².